The van der Waals surface area contributed by atoms with Crippen molar-refractivity contribution < 1.29 is 17.9 Å². The minimum Gasteiger partial charge on any atom is -0.372 e. The quantitative estimate of drug-likeness (QED) is 0.510. The van der Waals surface area contributed by atoms with Crippen LogP contribution < -0.4 is 4.72 Å². The summed E-state index contributed by atoms with van der Waals surface area (Å²) >= 11 is 12.0. The highest BCUT2D eigenvalue weighted by Gasteiger charge is 2.33. The molecule has 0 saturated carbocycles. The average molecular weight is 490 g/mol. The van der Waals surface area contributed by atoms with Crippen molar-refractivity contribution in [1.82, 2.24) is 4.72 Å². The number of ether oxygens (including phenoxy) is 1. The van der Waals surface area contributed by atoms with Crippen LogP contribution in [0, 0.1) is 0 Å². The lowest BCUT2D eigenvalue weighted by Crippen LogP contribution is -2.38. The van der Waals surface area contributed by atoms with Gasteiger partial charge in [0.15, 0.2) is 0 Å². The average Bonchev–Trinajstić information content (AvgIpc) is 3.21. The third-order valence-corrected chi connectivity index (χ3v) is 7.71. The number of carbonyl (C=O) groups excluding carboxylic acids is 1. The summed E-state index contributed by atoms with van der Waals surface area (Å²) in [5.41, 5.74) is 3.97. The van der Waals surface area contributed by atoms with Gasteiger partial charge in [-0.25, -0.2) is 13.1 Å². The molecule has 8 heteroatoms. The molecule has 0 bridgehead atoms. The van der Waals surface area contributed by atoms with Gasteiger partial charge in [0.2, 0.25) is 10.0 Å². The van der Waals surface area contributed by atoms with Gasteiger partial charge in [0, 0.05) is 15.6 Å². The van der Waals surface area contributed by atoms with Gasteiger partial charge in [-0.05, 0) is 59.4 Å². The molecule has 1 N–H and O–H groups in total. The topological polar surface area (TPSA) is 72.5 Å². The summed E-state index contributed by atoms with van der Waals surface area (Å²) in [5.74, 6) is -0.638. The van der Waals surface area contributed by atoms with Crippen LogP contribution in [0.15, 0.2) is 66.7 Å². The summed E-state index contributed by atoms with van der Waals surface area (Å²) in [6.45, 7) is 0.639. The molecule has 0 aliphatic heterocycles. The minimum atomic E-state index is -3.78. The number of benzene rings is 3. The molecular formula is C24H21Cl2NO4S. The molecule has 0 spiro atoms. The first-order chi connectivity index (χ1) is 15.3. The van der Waals surface area contributed by atoms with Gasteiger partial charge in [0.1, 0.15) is 0 Å². The highest BCUT2D eigenvalue weighted by molar-refractivity contribution is 7.90. The van der Waals surface area contributed by atoms with E-state index in [1.54, 1.807) is 42.5 Å². The third kappa shape index (κ3) is 5.33. The normalized spacial score (nSPS) is 13.7. The second-order valence-electron chi connectivity index (χ2n) is 7.70. The van der Waals surface area contributed by atoms with Crippen molar-refractivity contribution in [3.63, 3.8) is 0 Å². The van der Waals surface area contributed by atoms with Crippen molar-refractivity contribution in [2.45, 2.75) is 31.3 Å². The number of hydrogen-bond acceptors (Lipinski definition) is 4. The summed E-state index contributed by atoms with van der Waals surface area (Å²) in [4.78, 5) is 12.5. The second-order valence-corrected chi connectivity index (χ2v) is 10.5. The molecule has 3 aromatic carbocycles. The fourth-order valence-electron chi connectivity index (χ4n) is 3.68. The summed E-state index contributed by atoms with van der Waals surface area (Å²) in [7, 11) is -3.78. The Morgan fingerprint density at radius 3 is 2.22 bits per heavy atom. The van der Waals surface area contributed by atoms with Gasteiger partial charge < -0.3 is 4.74 Å². The number of nitrogens with one attached hydrogen (secondary N) is 1. The van der Waals surface area contributed by atoms with E-state index < -0.39 is 21.2 Å². The molecule has 1 aliphatic carbocycles. The van der Waals surface area contributed by atoms with E-state index in [2.05, 4.69) is 4.72 Å². The predicted molar refractivity (Wildman–Crippen MR) is 125 cm³/mol. The zero-order valence-corrected chi connectivity index (χ0v) is 19.4. The number of rotatable bonds is 7. The maximum Gasteiger partial charge on any atom is 0.264 e. The monoisotopic (exact) mass is 489 g/mol. The van der Waals surface area contributed by atoms with Gasteiger partial charge in [-0.3, -0.25) is 4.79 Å². The Balaban J connectivity index is 1.32. The molecule has 5 nitrogen and oxygen atoms in total. The van der Waals surface area contributed by atoms with Crippen LogP contribution in [0.2, 0.25) is 10.0 Å². The highest BCUT2D eigenvalue weighted by atomic mass is 35.5. The molecule has 0 unspecified atom stereocenters. The fourth-order valence-corrected chi connectivity index (χ4v) is 5.48. The highest BCUT2D eigenvalue weighted by Crippen LogP contribution is 2.26. The molecule has 1 amide bonds. The Bertz CT molecular complexity index is 1220. The zero-order valence-electron chi connectivity index (χ0n) is 17.1. The first-order valence-electron chi connectivity index (χ1n) is 10.1. The van der Waals surface area contributed by atoms with Gasteiger partial charge in [0.25, 0.3) is 5.91 Å². The van der Waals surface area contributed by atoms with Crippen LogP contribution >= 0.6 is 23.2 Å². The maximum atomic E-state index is 12.7. The Hall–Kier alpha value is -2.38. The fraction of sp³-hybridized carbons (Fsp3) is 0.208. The first-order valence-corrected chi connectivity index (χ1v) is 12.4. The van der Waals surface area contributed by atoms with E-state index in [1.807, 2.05) is 24.3 Å². The van der Waals surface area contributed by atoms with Crippen molar-refractivity contribution in [3.8, 4) is 0 Å². The third-order valence-electron chi connectivity index (χ3n) is 5.44. The molecule has 166 valence electrons. The summed E-state index contributed by atoms with van der Waals surface area (Å²) in [6.07, 6.45) is 0.819. The van der Waals surface area contributed by atoms with E-state index in [1.165, 1.54) is 0 Å². The van der Waals surface area contributed by atoms with Crippen molar-refractivity contribution in [1.29, 1.82) is 0 Å². The lowest BCUT2D eigenvalue weighted by Gasteiger charge is -2.13. The lowest BCUT2D eigenvalue weighted by molar-refractivity contribution is 0.0980. The van der Waals surface area contributed by atoms with Crippen LogP contribution in [-0.4, -0.2) is 19.6 Å². The summed E-state index contributed by atoms with van der Waals surface area (Å²) in [6, 6.07) is 19.5. The molecular weight excluding hydrogens is 469 g/mol. The Labute approximate surface area is 197 Å². The summed E-state index contributed by atoms with van der Waals surface area (Å²) in [5, 5.41) is 0.458. The molecule has 32 heavy (non-hydrogen) atoms. The first kappa shape index (κ1) is 22.8. The van der Waals surface area contributed by atoms with E-state index >= 15 is 0 Å². The molecule has 0 fully saturated rings. The molecule has 4 rings (SSSR count). The number of hydrogen-bond donors (Lipinski definition) is 1. The van der Waals surface area contributed by atoms with Gasteiger partial charge in [0.05, 0.1) is 18.5 Å². The second kappa shape index (κ2) is 9.63. The van der Waals surface area contributed by atoms with E-state index in [-0.39, 0.29) is 5.56 Å². The van der Waals surface area contributed by atoms with E-state index in [0.717, 1.165) is 22.3 Å². The Kier molecular flexibility index (Phi) is 6.86. The number of amides is 1. The van der Waals surface area contributed by atoms with Crippen molar-refractivity contribution >= 4 is 39.1 Å². The molecule has 1 aliphatic rings. The Morgan fingerprint density at radius 1 is 0.938 bits per heavy atom. The van der Waals surface area contributed by atoms with E-state index in [0.29, 0.717) is 36.1 Å². The van der Waals surface area contributed by atoms with E-state index in [4.69, 9.17) is 27.9 Å². The SMILES string of the molecule is O=C(NS(=O)(=O)C1Cc2ccccc2C1)c1ccc(COCc2ccc(Cl)cc2Cl)cc1. The van der Waals surface area contributed by atoms with Crippen LogP contribution in [0.5, 0.6) is 0 Å². The van der Waals surface area contributed by atoms with Crippen LogP contribution in [0.4, 0.5) is 0 Å². The molecule has 0 radical (unpaired) electrons. The largest absolute Gasteiger partial charge is 0.372 e. The van der Waals surface area contributed by atoms with Crippen molar-refractivity contribution in [3.05, 3.63) is 105 Å². The molecule has 0 atom stereocenters. The van der Waals surface area contributed by atoms with Gasteiger partial charge in [-0.15, -0.1) is 0 Å². The van der Waals surface area contributed by atoms with Crippen molar-refractivity contribution in [2.24, 2.45) is 0 Å². The Morgan fingerprint density at radius 2 is 1.59 bits per heavy atom. The maximum absolute atomic E-state index is 12.7. The smallest absolute Gasteiger partial charge is 0.264 e. The molecule has 0 aromatic heterocycles. The number of fused-ring (bicyclic) bond motifs is 1. The predicted octanol–water partition coefficient (Wildman–Crippen LogP) is 4.94. The molecule has 3 aromatic rings. The number of halogens is 2. The number of sulfonamides is 1. The van der Waals surface area contributed by atoms with Gasteiger partial charge >= 0.3 is 0 Å². The van der Waals surface area contributed by atoms with Crippen LogP contribution in [0.1, 0.15) is 32.6 Å². The minimum absolute atomic E-state index is 0.272. The zero-order chi connectivity index (χ0) is 22.7. The van der Waals surface area contributed by atoms with Crippen LogP contribution in [-0.2, 0) is 40.8 Å². The summed E-state index contributed by atoms with van der Waals surface area (Å²) < 4.78 is 33.3. The lowest BCUT2D eigenvalue weighted by atomic mass is 10.1. The van der Waals surface area contributed by atoms with Crippen LogP contribution in [0.3, 0.4) is 0 Å². The van der Waals surface area contributed by atoms with Crippen LogP contribution in [0.25, 0.3) is 0 Å². The van der Waals surface area contributed by atoms with Crippen molar-refractivity contribution in [2.75, 3.05) is 0 Å². The molecule has 0 saturated heterocycles. The molecule has 0 heterocycles. The number of carbonyl (C=O) groups is 1. The standard InChI is InChI=1S/C24H21Cl2NO4S/c25-21-10-9-20(23(26)13-21)15-31-14-16-5-7-17(8-6-16)24(28)27-32(29,30)22-11-18-3-1-2-4-19(18)12-22/h1-10,13,22H,11-12,14-15H2,(H,27,28). The van der Waals surface area contributed by atoms with E-state index in [9.17, 15) is 13.2 Å². The van der Waals surface area contributed by atoms with Gasteiger partial charge in [-0.2, -0.15) is 0 Å². The van der Waals surface area contributed by atoms with Gasteiger partial charge in [-0.1, -0.05) is 65.7 Å².